The standard InChI is InChI=1S/C13H16N4O2S/c1-2-16-8-13(15-9-16)20(18,19)17-6-10-3-4-12(14)5-11(10)7-17/h3-5,8-9H,2,6-7,14H2,1H3. The minimum absolute atomic E-state index is 0.0973. The summed E-state index contributed by atoms with van der Waals surface area (Å²) in [5, 5.41) is 0.0973. The van der Waals surface area contributed by atoms with E-state index in [1.807, 2.05) is 19.1 Å². The highest BCUT2D eigenvalue weighted by Gasteiger charge is 2.32. The first-order chi connectivity index (χ1) is 9.50. The van der Waals surface area contributed by atoms with Gasteiger partial charge in [0.05, 0.1) is 6.33 Å². The molecular weight excluding hydrogens is 276 g/mol. The van der Waals surface area contributed by atoms with Gasteiger partial charge in [0.1, 0.15) is 0 Å². The lowest BCUT2D eigenvalue weighted by Gasteiger charge is -2.13. The van der Waals surface area contributed by atoms with Crippen molar-refractivity contribution in [3.05, 3.63) is 41.9 Å². The normalized spacial score (nSPS) is 15.4. The maximum atomic E-state index is 12.5. The van der Waals surface area contributed by atoms with Crippen molar-refractivity contribution in [1.29, 1.82) is 0 Å². The number of aromatic nitrogens is 2. The van der Waals surface area contributed by atoms with Crippen molar-refractivity contribution in [2.75, 3.05) is 5.73 Å². The summed E-state index contributed by atoms with van der Waals surface area (Å²) in [5.74, 6) is 0. The first-order valence-electron chi connectivity index (χ1n) is 6.40. The molecule has 1 aliphatic heterocycles. The van der Waals surface area contributed by atoms with Crippen LogP contribution in [0.4, 0.5) is 5.69 Å². The highest BCUT2D eigenvalue weighted by atomic mass is 32.2. The third kappa shape index (κ3) is 2.08. The van der Waals surface area contributed by atoms with E-state index in [9.17, 15) is 8.42 Å². The number of aryl methyl sites for hydroxylation is 1. The Balaban J connectivity index is 1.91. The van der Waals surface area contributed by atoms with E-state index in [4.69, 9.17) is 5.73 Å². The Kier molecular flexibility index (Phi) is 3.02. The van der Waals surface area contributed by atoms with Crippen LogP contribution in [-0.2, 0) is 29.7 Å². The fourth-order valence-corrected chi connectivity index (χ4v) is 3.66. The first-order valence-corrected chi connectivity index (χ1v) is 7.84. The molecule has 0 radical (unpaired) electrons. The van der Waals surface area contributed by atoms with Crippen LogP contribution in [0.5, 0.6) is 0 Å². The number of rotatable bonds is 3. The van der Waals surface area contributed by atoms with Gasteiger partial charge in [0, 0.05) is 31.5 Å². The second-order valence-corrected chi connectivity index (χ2v) is 6.73. The van der Waals surface area contributed by atoms with Gasteiger partial charge < -0.3 is 10.3 Å². The summed E-state index contributed by atoms with van der Waals surface area (Å²) >= 11 is 0. The van der Waals surface area contributed by atoms with Crippen LogP contribution in [0.3, 0.4) is 0 Å². The van der Waals surface area contributed by atoms with E-state index in [0.29, 0.717) is 25.3 Å². The van der Waals surface area contributed by atoms with Crippen LogP contribution in [-0.4, -0.2) is 22.3 Å². The Labute approximate surface area is 117 Å². The van der Waals surface area contributed by atoms with Crippen LogP contribution in [0.15, 0.2) is 35.7 Å². The van der Waals surface area contributed by atoms with E-state index in [1.165, 1.54) is 10.6 Å². The van der Waals surface area contributed by atoms with Gasteiger partial charge in [0.2, 0.25) is 0 Å². The van der Waals surface area contributed by atoms with Crippen LogP contribution in [0.2, 0.25) is 0 Å². The van der Waals surface area contributed by atoms with Gasteiger partial charge in [-0.3, -0.25) is 0 Å². The van der Waals surface area contributed by atoms with Gasteiger partial charge in [-0.25, -0.2) is 13.4 Å². The lowest BCUT2D eigenvalue weighted by Crippen LogP contribution is -2.25. The number of nitrogen functional groups attached to an aromatic ring is 1. The van der Waals surface area contributed by atoms with Crippen molar-refractivity contribution in [1.82, 2.24) is 13.9 Å². The van der Waals surface area contributed by atoms with E-state index in [0.717, 1.165) is 11.1 Å². The Morgan fingerprint density at radius 1 is 1.30 bits per heavy atom. The average Bonchev–Trinajstić information content (AvgIpc) is 3.04. The first kappa shape index (κ1) is 13.1. The monoisotopic (exact) mass is 292 g/mol. The molecule has 0 saturated heterocycles. The zero-order chi connectivity index (χ0) is 14.3. The van der Waals surface area contributed by atoms with Crippen molar-refractivity contribution in [2.24, 2.45) is 0 Å². The summed E-state index contributed by atoms with van der Waals surface area (Å²) in [4.78, 5) is 3.99. The molecule has 0 atom stereocenters. The quantitative estimate of drug-likeness (QED) is 0.862. The fraction of sp³-hybridized carbons (Fsp3) is 0.308. The van der Waals surface area contributed by atoms with Gasteiger partial charge in [0.25, 0.3) is 10.0 Å². The Morgan fingerprint density at radius 2 is 2.05 bits per heavy atom. The number of nitrogens with zero attached hydrogens (tertiary/aromatic N) is 3. The molecule has 6 nitrogen and oxygen atoms in total. The SMILES string of the molecule is CCn1cnc(S(=O)(=O)N2Cc3ccc(N)cc3C2)c1. The summed E-state index contributed by atoms with van der Waals surface area (Å²) in [5.41, 5.74) is 8.34. The topological polar surface area (TPSA) is 81.2 Å². The van der Waals surface area contributed by atoms with E-state index in [2.05, 4.69) is 4.98 Å². The number of anilines is 1. The zero-order valence-electron chi connectivity index (χ0n) is 11.2. The molecular formula is C13H16N4O2S. The number of sulfonamides is 1. The number of benzene rings is 1. The van der Waals surface area contributed by atoms with Crippen molar-refractivity contribution in [3.63, 3.8) is 0 Å². The Morgan fingerprint density at radius 3 is 2.75 bits per heavy atom. The van der Waals surface area contributed by atoms with Gasteiger partial charge in [-0.05, 0) is 30.2 Å². The molecule has 1 aromatic carbocycles. The van der Waals surface area contributed by atoms with Gasteiger partial charge in [-0.1, -0.05) is 6.07 Å². The molecule has 0 unspecified atom stereocenters. The molecule has 1 aromatic heterocycles. The number of hydrogen-bond donors (Lipinski definition) is 1. The lowest BCUT2D eigenvalue weighted by molar-refractivity contribution is 0.429. The number of fused-ring (bicyclic) bond motifs is 1. The minimum Gasteiger partial charge on any atom is -0.399 e. The molecule has 1 aliphatic rings. The summed E-state index contributed by atoms with van der Waals surface area (Å²) in [6, 6.07) is 5.50. The molecule has 0 saturated carbocycles. The smallest absolute Gasteiger partial charge is 0.262 e. The average molecular weight is 292 g/mol. The van der Waals surface area contributed by atoms with E-state index < -0.39 is 10.0 Å². The van der Waals surface area contributed by atoms with Gasteiger partial charge in [-0.15, -0.1) is 0 Å². The maximum absolute atomic E-state index is 12.5. The molecule has 106 valence electrons. The number of nitrogens with two attached hydrogens (primary N) is 1. The predicted octanol–water partition coefficient (Wildman–Crippen LogP) is 1.19. The highest BCUT2D eigenvalue weighted by molar-refractivity contribution is 7.89. The molecule has 20 heavy (non-hydrogen) atoms. The van der Waals surface area contributed by atoms with Crippen LogP contribution in [0.25, 0.3) is 0 Å². The molecule has 0 fully saturated rings. The Hall–Kier alpha value is -1.86. The molecule has 3 rings (SSSR count). The van der Waals surface area contributed by atoms with Crippen LogP contribution in [0, 0.1) is 0 Å². The molecule has 2 heterocycles. The van der Waals surface area contributed by atoms with Crippen molar-refractivity contribution < 1.29 is 8.42 Å². The summed E-state index contributed by atoms with van der Waals surface area (Å²) < 4.78 is 28.2. The second-order valence-electron chi connectivity index (χ2n) is 4.84. The van der Waals surface area contributed by atoms with Crippen molar-refractivity contribution >= 4 is 15.7 Å². The Bertz CT molecular complexity index is 751. The van der Waals surface area contributed by atoms with Gasteiger partial charge >= 0.3 is 0 Å². The molecule has 2 aromatic rings. The third-order valence-electron chi connectivity index (χ3n) is 3.50. The van der Waals surface area contributed by atoms with Crippen LogP contribution >= 0.6 is 0 Å². The molecule has 7 heteroatoms. The molecule has 2 N–H and O–H groups in total. The van der Waals surface area contributed by atoms with Crippen molar-refractivity contribution in [2.45, 2.75) is 31.6 Å². The van der Waals surface area contributed by atoms with Crippen LogP contribution in [0.1, 0.15) is 18.1 Å². The fourth-order valence-electron chi connectivity index (χ4n) is 2.33. The highest BCUT2D eigenvalue weighted by Crippen LogP contribution is 2.29. The van der Waals surface area contributed by atoms with E-state index in [-0.39, 0.29) is 5.03 Å². The zero-order valence-corrected chi connectivity index (χ0v) is 12.0. The van der Waals surface area contributed by atoms with Crippen molar-refractivity contribution in [3.8, 4) is 0 Å². The third-order valence-corrected chi connectivity index (χ3v) is 5.18. The minimum atomic E-state index is -3.55. The van der Waals surface area contributed by atoms with Crippen LogP contribution < -0.4 is 5.73 Å². The lowest BCUT2D eigenvalue weighted by atomic mass is 10.1. The predicted molar refractivity (Wildman–Crippen MR) is 75.2 cm³/mol. The summed E-state index contributed by atoms with van der Waals surface area (Å²) in [7, 11) is -3.55. The summed E-state index contributed by atoms with van der Waals surface area (Å²) in [6.07, 6.45) is 3.10. The largest absolute Gasteiger partial charge is 0.399 e. The van der Waals surface area contributed by atoms with Gasteiger partial charge in [0.15, 0.2) is 5.03 Å². The van der Waals surface area contributed by atoms with E-state index >= 15 is 0 Å². The molecule has 0 amide bonds. The second kappa shape index (κ2) is 4.60. The number of imidazole rings is 1. The maximum Gasteiger partial charge on any atom is 0.262 e. The van der Waals surface area contributed by atoms with E-state index in [1.54, 1.807) is 16.8 Å². The molecule has 0 spiro atoms. The molecule has 0 bridgehead atoms. The van der Waals surface area contributed by atoms with Gasteiger partial charge in [-0.2, -0.15) is 4.31 Å². The number of hydrogen-bond acceptors (Lipinski definition) is 4. The molecule has 0 aliphatic carbocycles. The summed E-state index contributed by atoms with van der Waals surface area (Å²) in [6.45, 7) is 3.35.